The topological polar surface area (TPSA) is 46.5 Å². The molecule has 6 heteroatoms. The molecule has 1 atom stereocenters. The molecular formula is C13H23Cl3O3. The Kier molecular flexibility index (Phi) is 11.2. The Morgan fingerprint density at radius 1 is 1.26 bits per heavy atom. The summed E-state index contributed by atoms with van der Waals surface area (Å²) in [6, 6.07) is 0. The third-order valence-electron chi connectivity index (χ3n) is 2.83. The van der Waals surface area contributed by atoms with Crippen LogP contribution in [-0.2, 0) is 9.53 Å². The zero-order valence-corrected chi connectivity index (χ0v) is 13.6. The monoisotopic (exact) mass is 332 g/mol. The van der Waals surface area contributed by atoms with Crippen molar-refractivity contribution in [2.45, 2.75) is 55.7 Å². The lowest BCUT2D eigenvalue weighted by atomic mass is 9.98. The molecule has 0 aromatic heterocycles. The molecule has 0 aliphatic heterocycles. The summed E-state index contributed by atoms with van der Waals surface area (Å²) in [7, 11) is 0. The van der Waals surface area contributed by atoms with Crippen molar-refractivity contribution in [2.24, 2.45) is 5.92 Å². The smallest absolute Gasteiger partial charge is 0.306 e. The Bertz CT molecular complexity index is 242. The number of alkyl halides is 3. The molecule has 0 saturated carbocycles. The SMILES string of the molecule is CCCCCCC(CO)CC(=O)OCCC(Cl)(Cl)Cl. The van der Waals surface area contributed by atoms with Crippen LogP contribution in [0, 0.1) is 5.92 Å². The standard InChI is InChI=1S/C13H23Cl3O3/c1-2-3-4-5-6-11(10-17)9-12(18)19-8-7-13(14,15)16/h11,17H,2-10H2,1H3. The van der Waals surface area contributed by atoms with Crippen molar-refractivity contribution < 1.29 is 14.6 Å². The molecule has 0 amide bonds. The molecule has 0 heterocycles. The van der Waals surface area contributed by atoms with Gasteiger partial charge < -0.3 is 9.84 Å². The number of aliphatic hydroxyl groups excluding tert-OH is 1. The van der Waals surface area contributed by atoms with Crippen LogP contribution in [0.4, 0.5) is 0 Å². The number of carbonyl (C=O) groups excluding carboxylic acids is 1. The van der Waals surface area contributed by atoms with Gasteiger partial charge in [0.25, 0.3) is 0 Å². The van der Waals surface area contributed by atoms with E-state index in [4.69, 9.17) is 39.5 Å². The first kappa shape index (κ1) is 19.3. The first-order chi connectivity index (χ1) is 8.89. The number of hydrogen-bond acceptors (Lipinski definition) is 3. The number of unbranched alkanes of at least 4 members (excludes halogenated alkanes) is 3. The van der Waals surface area contributed by atoms with Gasteiger partial charge in [-0.15, -0.1) is 0 Å². The number of ether oxygens (including phenoxy) is 1. The summed E-state index contributed by atoms with van der Waals surface area (Å²) >= 11 is 16.6. The van der Waals surface area contributed by atoms with E-state index < -0.39 is 3.79 Å². The number of halogens is 3. The molecule has 0 bridgehead atoms. The van der Waals surface area contributed by atoms with Gasteiger partial charge >= 0.3 is 5.97 Å². The molecule has 3 nitrogen and oxygen atoms in total. The lowest BCUT2D eigenvalue weighted by molar-refractivity contribution is -0.145. The molecule has 1 N–H and O–H groups in total. The highest BCUT2D eigenvalue weighted by Crippen LogP contribution is 2.29. The Morgan fingerprint density at radius 3 is 2.47 bits per heavy atom. The van der Waals surface area contributed by atoms with E-state index in [0.717, 1.165) is 19.3 Å². The van der Waals surface area contributed by atoms with Crippen LogP contribution in [-0.4, -0.2) is 28.1 Å². The lowest BCUT2D eigenvalue weighted by Gasteiger charge is -2.14. The van der Waals surface area contributed by atoms with Gasteiger partial charge in [0.05, 0.1) is 13.0 Å². The van der Waals surface area contributed by atoms with E-state index in [1.54, 1.807) is 0 Å². The number of aliphatic hydroxyl groups is 1. The second-order valence-electron chi connectivity index (χ2n) is 4.69. The van der Waals surface area contributed by atoms with Crippen molar-refractivity contribution in [3.63, 3.8) is 0 Å². The van der Waals surface area contributed by atoms with Gasteiger partial charge in [-0.05, 0) is 12.3 Å². The summed E-state index contributed by atoms with van der Waals surface area (Å²) in [4.78, 5) is 11.5. The highest BCUT2D eigenvalue weighted by Gasteiger charge is 2.20. The zero-order chi connectivity index (χ0) is 14.7. The fraction of sp³-hybridized carbons (Fsp3) is 0.923. The fourth-order valence-corrected chi connectivity index (χ4v) is 1.92. The highest BCUT2D eigenvalue weighted by atomic mass is 35.6. The molecule has 114 valence electrons. The predicted octanol–water partition coefficient (Wildman–Crippen LogP) is 4.26. The summed E-state index contributed by atoms with van der Waals surface area (Å²) < 4.78 is 3.58. The van der Waals surface area contributed by atoms with Crippen molar-refractivity contribution in [2.75, 3.05) is 13.2 Å². The first-order valence-corrected chi connectivity index (χ1v) is 7.85. The van der Waals surface area contributed by atoms with Gasteiger partial charge in [-0.25, -0.2) is 0 Å². The maximum absolute atomic E-state index is 11.5. The Labute approximate surface area is 130 Å². The van der Waals surface area contributed by atoms with E-state index in [-0.39, 0.29) is 37.9 Å². The second-order valence-corrected chi connectivity index (χ2v) is 7.20. The number of hydrogen-bond donors (Lipinski definition) is 1. The highest BCUT2D eigenvalue weighted by molar-refractivity contribution is 6.67. The van der Waals surface area contributed by atoms with Crippen molar-refractivity contribution in [3.05, 3.63) is 0 Å². The minimum absolute atomic E-state index is 0.00564. The Morgan fingerprint density at radius 2 is 1.95 bits per heavy atom. The second kappa shape index (κ2) is 11.0. The van der Waals surface area contributed by atoms with Crippen LogP contribution in [0.5, 0.6) is 0 Å². The van der Waals surface area contributed by atoms with Gasteiger partial charge in [0.2, 0.25) is 0 Å². The van der Waals surface area contributed by atoms with Crippen molar-refractivity contribution in [3.8, 4) is 0 Å². The summed E-state index contributed by atoms with van der Waals surface area (Å²) in [6.07, 6.45) is 5.76. The van der Waals surface area contributed by atoms with Crippen LogP contribution in [0.2, 0.25) is 0 Å². The summed E-state index contributed by atoms with van der Waals surface area (Å²) in [5.41, 5.74) is 0. The molecule has 1 unspecified atom stereocenters. The van der Waals surface area contributed by atoms with Crippen LogP contribution in [0.25, 0.3) is 0 Å². The Balaban J connectivity index is 3.74. The van der Waals surface area contributed by atoms with E-state index in [2.05, 4.69) is 6.92 Å². The molecule has 0 spiro atoms. The molecule has 0 aliphatic carbocycles. The van der Waals surface area contributed by atoms with E-state index >= 15 is 0 Å². The maximum Gasteiger partial charge on any atom is 0.306 e. The Hall–Kier alpha value is 0.300. The van der Waals surface area contributed by atoms with Gasteiger partial charge in [-0.3, -0.25) is 4.79 Å². The normalized spacial score (nSPS) is 13.3. The molecule has 0 aromatic rings. The van der Waals surface area contributed by atoms with Crippen LogP contribution in [0.1, 0.15) is 51.9 Å². The minimum atomic E-state index is -1.39. The third kappa shape index (κ3) is 13.1. The van der Waals surface area contributed by atoms with Crippen LogP contribution >= 0.6 is 34.8 Å². The van der Waals surface area contributed by atoms with Gasteiger partial charge in [0.15, 0.2) is 3.79 Å². The third-order valence-corrected chi connectivity index (χ3v) is 3.39. The van der Waals surface area contributed by atoms with E-state index in [1.807, 2.05) is 0 Å². The van der Waals surface area contributed by atoms with Crippen molar-refractivity contribution in [1.82, 2.24) is 0 Å². The average molecular weight is 334 g/mol. The fourth-order valence-electron chi connectivity index (χ4n) is 1.69. The first-order valence-electron chi connectivity index (χ1n) is 6.72. The van der Waals surface area contributed by atoms with Crippen LogP contribution < -0.4 is 0 Å². The van der Waals surface area contributed by atoms with Crippen molar-refractivity contribution >= 4 is 40.8 Å². The zero-order valence-electron chi connectivity index (χ0n) is 11.3. The quantitative estimate of drug-likeness (QED) is 0.369. The minimum Gasteiger partial charge on any atom is -0.465 e. The van der Waals surface area contributed by atoms with Crippen LogP contribution in [0.3, 0.4) is 0 Å². The maximum atomic E-state index is 11.5. The van der Waals surface area contributed by atoms with Gasteiger partial charge in [0, 0.05) is 13.0 Å². The number of rotatable bonds is 10. The molecule has 0 fully saturated rings. The molecule has 19 heavy (non-hydrogen) atoms. The predicted molar refractivity (Wildman–Crippen MR) is 79.8 cm³/mol. The largest absolute Gasteiger partial charge is 0.465 e. The van der Waals surface area contributed by atoms with E-state index in [9.17, 15) is 9.90 Å². The van der Waals surface area contributed by atoms with Crippen molar-refractivity contribution in [1.29, 1.82) is 0 Å². The van der Waals surface area contributed by atoms with Gasteiger partial charge in [-0.2, -0.15) is 0 Å². The summed E-state index contributed by atoms with van der Waals surface area (Å²) in [5, 5.41) is 9.22. The molecule has 0 aromatic carbocycles. The summed E-state index contributed by atoms with van der Waals surface area (Å²) in [5.74, 6) is -0.374. The lowest BCUT2D eigenvalue weighted by Crippen LogP contribution is -2.17. The van der Waals surface area contributed by atoms with E-state index in [0.29, 0.717) is 0 Å². The molecule has 0 rings (SSSR count). The van der Waals surface area contributed by atoms with E-state index in [1.165, 1.54) is 12.8 Å². The molecule has 0 aliphatic rings. The van der Waals surface area contributed by atoms with Gasteiger partial charge in [-0.1, -0.05) is 67.4 Å². The average Bonchev–Trinajstić information content (AvgIpc) is 2.31. The van der Waals surface area contributed by atoms with Gasteiger partial charge in [0.1, 0.15) is 0 Å². The molecule has 0 saturated heterocycles. The summed E-state index contributed by atoms with van der Waals surface area (Å²) in [6.45, 7) is 2.24. The number of esters is 1. The van der Waals surface area contributed by atoms with Crippen LogP contribution in [0.15, 0.2) is 0 Å². The number of carbonyl (C=O) groups is 1. The molecule has 0 radical (unpaired) electrons. The molecular weight excluding hydrogens is 310 g/mol.